The number of amides is 1. The Morgan fingerprint density at radius 1 is 0.955 bits per heavy atom. The van der Waals surface area contributed by atoms with Crippen LogP contribution in [0.1, 0.15) is 34.3 Å². The van der Waals surface area contributed by atoms with Crippen LogP contribution in [-0.4, -0.2) is 11.7 Å². The van der Waals surface area contributed by atoms with Gasteiger partial charge < -0.3 is 5.32 Å². The van der Waals surface area contributed by atoms with Gasteiger partial charge in [-0.05, 0) is 31.5 Å². The second-order valence-corrected chi connectivity index (χ2v) is 5.32. The highest BCUT2D eigenvalue weighted by Crippen LogP contribution is 2.16. The molecular weight excluding hydrogens is 281 g/mol. The van der Waals surface area contributed by atoms with E-state index < -0.39 is 5.82 Å². The number of Topliss-reactive ketones (excluding diaryl/α,β-unsaturated/α-hetero) is 1. The van der Waals surface area contributed by atoms with Crippen molar-refractivity contribution in [3.63, 3.8) is 0 Å². The average molecular weight is 299 g/mol. The Hall–Kier alpha value is -2.49. The zero-order chi connectivity index (χ0) is 16.1. The van der Waals surface area contributed by atoms with E-state index in [1.54, 1.807) is 25.1 Å². The summed E-state index contributed by atoms with van der Waals surface area (Å²) in [6, 6.07) is 11.8. The zero-order valence-electron chi connectivity index (χ0n) is 12.7. The monoisotopic (exact) mass is 299 g/mol. The molecule has 0 spiro atoms. The molecule has 0 saturated carbocycles. The largest absolute Gasteiger partial charge is 0.324 e. The summed E-state index contributed by atoms with van der Waals surface area (Å²) in [4.78, 5) is 23.8. The fourth-order valence-electron chi connectivity index (χ4n) is 2.05. The number of benzene rings is 2. The van der Waals surface area contributed by atoms with Crippen molar-refractivity contribution in [2.45, 2.75) is 26.7 Å². The Kier molecular flexibility index (Phi) is 5.04. The minimum Gasteiger partial charge on any atom is -0.324 e. The van der Waals surface area contributed by atoms with Crippen LogP contribution in [0.15, 0.2) is 42.5 Å². The van der Waals surface area contributed by atoms with Gasteiger partial charge in [0, 0.05) is 18.4 Å². The van der Waals surface area contributed by atoms with Gasteiger partial charge in [-0.1, -0.05) is 35.9 Å². The van der Waals surface area contributed by atoms with Crippen molar-refractivity contribution >= 4 is 17.4 Å². The van der Waals surface area contributed by atoms with Gasteiger partial charge in [-0.25, -0.2) is 4.39 Å². The van der Waals surface area contributed by atoms with E-state index in [2.05, 4.69) is 5.32 Å². The van der Waals surface area contributed by atoms with Gasteiger partial charge in [0.15, 0.2) is 5.78 Å². The van der Waals surface area contributed by atoms with Gasteiger partial charge in [-0.15, -0.1) is 0 Å². The SMILES string of the molecule is Cc1ccc(C(=O)CCC(=O)Nc2ccc(C)cc2F)cc1. The fourth-order valence-corrected chi connectivity index (χ4v) is 2.05. The molecule has 0 heterocycles. The Bertz CT molecular complexity index is 693. The topological polar surface area (TPSA) is 46.2 Å². The summed E-state index contributed by atoms with van der Waals surface area (Å²) in [5.41, 5.74) is 2.58. The summed E-state index contributed by atoms with van der Waals surface area (Å²) in [6.45, 7) is 3.72. The molecular formula is C18H18FNO2. The molecule has 0 saturated heterocycles. The predicted molar refractivity (Wildman–Crippen MR) is 84.5 cm³/mol. The highest BCUT2D eigenvalue weighted by molar-refractivity contribution is 6.00. The first kappa shape index (κ1) is 15.9. The lowest BCUT2D eigenvalue weighted by atomic mass is 10.0. The minimum absolute atomic E-state index is 0.0278. The molecule has 0 bridgehead atoms. The van der Waals surface area contributed by atoms with E-state index >= 15 is 0 Å². The van der Waals surface area contributed by atoms with Gasteiger partial charge in [-0.3, -0.25) is 9.59 Å². The van der Waals surface area contributed by atoms with Crippen LogP contribution >= 0.6 is 0 Å². The van der Waals surface area contributed by atoms with Gasteiger partial charge in [0.25, 0.3) is 0 Å². The van der Waals surface area contributed by atoms with Crippen LogP contribution in [0.2, 0.25) is 0 Å². The third kappa shape index (κ3) is 4.25. The Morgan fingerprint density at radius 3 is 2.23 bits per heavy atom. The van der Waals surface area contributed by atoms with Crippen molar-refractivity contribution in [3.05, 3.63) is 65.0 Å². The first-order valence-electron chi connectivity index (χ1n) is 7.11. The predicted octanol–water partition coefficient (Wildman–Crippen LogP) is 4.04. The first-order valence-corrected chi connectivity index (χ1v) is 7.11. The van der Waals surface area contributed by atoms with Gasteiger partial charge in [0.2, 0.25) is 5.91 Å². The van der Waals surface area contributed by atoms with Crippen LogP contribution in [0.25, 0.3) is 0 Å². The molecule has 0 atom stereocenters. The lowest BCUT2D eigenvalue weighted by molar-refractivity contribution is -0.116. The van der Waals surface area contributed by atoms with Crippen molar-refractivity contribution in [1.29, 1.82) is 0 Å². The van der Waals surface area contributed by atoms with E-state index in [4.69, 9.17) is 0 Å². The van der Waals surface area contributed by atoms with Crippen LogP contribution in [-0.2, 0) is 4.79 Å². The maximum Gasteiger partial charge on any atom is 0.224 e. The van der Waals surface area contributed by atoms with E-state index in [0.717, 1.165) is 11.1 Å². The Morgan fingerprint density at radius 2 is 1.59 bits per heavy atom. The molecule has 0 aliphatic rings. The van der Waals surface area contributed by atoms with Gasteiger partial charge in [0.1, 0.15) is 5.82 Å². The second kappa shape index (κ2) is 6.98. The van der Waals surface area contributed by atoms with E-state index in [1.807, 2.05) is 19.1 Å². The molecule has 2 aromatic rings. The van der Waals surface area contributed by atoms with Crippen molar-refractivity contribution in [2.75, 3.05) is 5.32 Å². The third-order valence-corrected chi connectivity index (χ3v) is 3.35. The summed E-state index contributed by atoms with van der Waals surface area (Å²) in [7, 11) is 0. The summed E-state index contributed by atoms with van der Waals surface area (Å²) in [5.74, 6) is -0.944. The van der Waals surface area contributed by atoms with Crippen LogP contribution in [0.4, 0.5) is 10.1 Å². The molecule has 0 aromatic heterocycles. The standard InChI is InChI=1S/C18H18FNO2/c1-12-3-6-14(7-4-12)17(21)9-10-18(22)20-16-8-5-13(2)11-15(16)19/h3-8,11H,9-10H2,1-2H3,(H,20,22). The maximum atomic E-state index is 13.6. The zero-order valence-corrected chi connectivity index (χ0v) is 12.7. The first-order chi connectivity index (χ1) is 10.5. The molecule has 0 radical (unpaired) electrons. The van der Waals surface area contributed by atoms with Crippen LogP contribution in [0.3, 0.4) is 0 Å². The lowest BCUT2D eigenvalue weighted by Crippen LogP contribution is -2.14. The van der Waals surface area contributed by atoms with E-state index in [9.17, 15) is 14.0 Å². The minimum atomic E-state index is -0.474. The molecule has 4 heteroatoms. The number of ketones is 1. The van der Waals surface area contributed by atoms with E-state index in [1.165, 1.54) is 12.1 Å². The smallest absolute Gasteiger partial charge is 0.224 e. The second-order valence-electron chi connectivity index (χ2n) is 5.32. The lowest BCUT2D eigenvalue weighted by Gasteiger charge is -2.07. The summed E-state index contributed by atoms with van der Waals surface area (Å²) in [6.07, 6.45) is 0.127. The molecule has 2 aromatic carbocycles. The highest BCUT2D eigenvalue weighted by atomic mass is 19.1. The fraction of sp³-hybridized carbons (Fsp3) is 0.222. The number of hydrogen-bond donors (Lipinski definition) is 1. The Labute approximate surface area is 129 Å². The number of aryl methyl sites for hydroxylation is 2. The van der Waals surface area contributed by atoms with E-state index in [0.29, 0.717) is 5.56 Å². The number of carbonyl (C=O) groups excluding carboxylic acids is 2. The van der Waals surface area contributed by atoms with Crippen LogP contribution in [0.5, 0.6) is 0 Å². The number of halogens is 1. The number of hydrogen-bond acceptors (Lipinski definition) is 2. The number of nitrogens with one attached hydrogen (secondary N) is 1. The quantitative estimate of drug-likeness (QED) is 0.847. The highest BCUT2D eigenvalue weighted by Gasteiger charge is 2.11. The average Bonchev–Trinajstić information content (AvgIpc) is 2.48. The number of carbonyl (C=O) groups is 2. The van der Waals surface area contributed by atoms with Gasteiger partial charge >= 0.3 is 0 Å². The molecule has 114 valence electrons. The molecule has 2 rings (SSSR count). The summed E-state index contributed by atoms with van der Waals surface area (Å²) >= 11 is 0. The third-order valence-electron chi connectivity index (χ3n) is 3.35. The van der Waals surface area contributed by atoms with Crippen molar-refractivity contribution in [1.82, 2.24) is 0 Å². The molecule has 0 aliphatic carbocycles. The molecule has 3 nitrogen and oxygen atoms in total. The van der Waals surface area contributed by atoms with Gasteiger partial charge in [-0.2, -0.15) is 0 Å². The van der Waals surface area contributed by atoms with E-state index in [-0.39, 0.29) is 30.2 Å². The summed E-state index contributed by atoms with van der Waals surface area (Å²) < 4.78 is 13.6. The van der Waals surface area contributed by atoms with Crippen molar-refractivity contribution in [2.24, 2.45) is 0 Å². The summed E-state index contributed by atoms with van der Waals surface area (Å²) in [5, 5.41) is 2.49. The van der Waals surface area contributed by atoms with Crippen LogP contribution in [0, 0.1) is 19.7 Å². The van der Waals surface area contributed by atoms with Gasteiger partial charge in [0.05, 0.1) is 5.69 Å². The Balaban J connectivity index is 1.89. The van der Waals surface area contributed by atoms with Crippen molar-refractivity contribution < 1.29 is 14.0 Å². The molecule has 22 heavy (non-hydrogen) atoms. The normalized spacial score (nSPS) is 10.3. The van der Waals surface area contributed by atoms with Crippen molar-refractivity contribution in [3.8, 4) is 0 Å². The maximum absolute atomic E-state index is 13.6. The molecule has 0 unspecified atom stereocenters. The molecule has 1 amide bonds. The molecule has 1 N–H and O–H groups in total. The molecule has 0 aliphatic heterocycles. The van der Waals surface area contributed by atoms with Crippen LogP contribution < -0.4 is 5.32 Å². The number of anilines is 1. The number of rotatable bonds is 5. The molecule has 0 fully saturated rings.